The minimum Gasteiger partial charge on any atom is -0.393 e. The second kappa shape index (κ2) is 9.55. The van der Waals surface area contributed by atoms with Gasteiger partial charge < -0.3 is 9.84 Å². The first kappa shape index (κ1) is 16.7. The van der Waals surface area contributed by atoms with Crippen LogP contribution in [0.3, 0.4) is 0 Å². The van der Waals surface area contributed by atoms with Crippen LogP contribution in [0.15, 0.2) is 11.6 Å². The monoisotopic (exact) mass is 268 g/mol. The molecule has 0 heterocycles. The Bertz CT molecular complexity index is 256. The van der Waals surface area contributed by atoms with Gasteiger partial charge in [0.15, 0.2) is 0 Å². The Hall–Kier alpha value is -0.340. The summed E-state index contributed by atoms with van der Waals surface area (Å²) >= 11 is 0. The molecule has 0 saturated heterocycles. The fraction of sp³-hybridized carbons (Fsp3) is 0.882. The van der Waals surface area contributed by atoms with Gasteiger partial charge in [0, 0.05) is 6.61 Å². The largest absolute Gasteiger partial charge is 0.393 e. The Kier molecular flexibility index (Phi) is 8.40. The minimum absolute atomic E-state index is 0.0559. The van der Waals surface area contributed by atoms with Crippen molar-refractivity contribution in [2.24, 2.45) is 11.8 Å². The molecule has 19 heavy (non-hydrogen) atoms. The lowest BCUT2D eigenvalue weighted by Gasteiger charge is -2.22. The number of ether oxygens (including phenoxy) is 1. The summed E-state index contributed by atoms with van der Waals surface area (Å²) in [4.78, 5) is 0. The van der Waals surface area contributed by atoms with E-state index in [2.05, 4.69) is 26.8 Å². The van der Waals surface area contributed by atoms with Crippen LogP contribution in [0, 0.1) is 11.8 Å². The number of aliphatic hydroxyl groups is 1. The second-order valence-electron chi connectivity index (χ2n) is 6.21. The topological polar surface area (TPSA) is 29.5 Å². The van der Waals surface area contributed by atoms with Crippen LogP contribution in [-0.2, 0) is 4.74 Å². The van der Waals surface area contributed by atoms with Gasteiger partial charge in [0.1, 0.15) is 0 Å². The molecule has 0 spiro atoms. The highest BCUT2D eigenvalue weighted by Crippen LogP contribution is 2.37. The molecule has 1 rings (SSSR count). The third-order valence-electron chi connectivity index (χ3n) is 4.32. The van der Waals surface area contributed by atoms with Gasteiger partial charge in [0.25, 0.3) is 0 Å². The first-order chi connectivity index (χ1) is 9.15. The van der Waals surface area contributed by atoms with Gasteiger partial charge >= 0.3 is 0 Å². The van der Waals surface area contributed by atoms with E-state index >= 15 is 0 Å². The maximum atomic E-state index is 10.1. The zero-order chi connectivity index (χ0) is 14.1. The predicted octanol–water partition coefficient (Wildman–Crippen LogP) is 4.33. The summed E-state index contributed by atoms with van der Waals surface area (Å²) < 4.78 is 5.66. The standard InChI is InChI=1S/C17H32O2/c1-4-5-6-7-16-15(8-9-17(16)18)11-13-19-12-10-14(2)3/h10,15-18H,4-9,11-13H2,1-3H3. The fourth-order valence-corrected chi connectivity index (χ4v) is 3.09. The normalized spacial score (nSPS) is 26.6. The molecule has 0 bridgehead atoms. The van der Waals surface area contributed by atoms with Gasteiger partial charge in [-0.3, -0.25) is 0 Å². The van der Waals surface area contributed by atoms with Crippen molar-refractivity contribution < 1.29 is 9.84 Å². The maximum absolute atomic E-state index is 10.1. The van der Waals surface area contributed by atoms with Crippen LogP contribution in [0.25, 0.3) is 0 Å². The second-order valence-corrected chi connectivity index (χ2v) is 6.21. The van der Waals surface area contributed by atoms with Crippen molar-refractivity contribution >= 4 is 0 Å². The summed E-state index contributed by atoms with van der Waals surface area (Å²) in [6.45, 7) is 8.00. The summed E-state index contributed by atoms with van der Waals surface area (Å²) in [5.74, 6) is 1.21. The molecule has 3 unspecified atom stereocenters. The lowest BCUT2D eigenvalue weighted by atomic mass is 9.87. The van der Waals surface area contributed by atoms with Gasteiger partial charge in [-0.15, -0.1) is 0 Å². The SMILES string of the molecule is CCCCCC1C(O)CCC1CCOCC=C(C)C. The van der Waals surface area contributed by atoms with E-state index in [4.69, 9.17) is 4.74 Å². The van der Waals surface area contributed by atoms with Gasteiger partial charge in [0.05, 0.1) is 12.7 Å². The Morgan fingerprint density at radius 1 is 1.21 bits per heavy atom. The first-order valence-corrected chi connectivity index (χ1v) is 8.04. The van der Waals surface area contributed by atoms with E-state index in [0.717, 1.165) is 26.1 Å². The molecule has 1 N–H and O–H groups in total. The molecule has 1 aliphatic carbocycles. The number of allylic oxidation sites excluding steroid dienone is 1. The molecule has 1 saturated carbocycles. The van der Waals surface area contributed by atoms with Crippen LogP contribution in [0.1, 0.15) is 65.7 Å². The summed E-state index contributed by atoms with van der Waals surface area (Å²) in [5.41, 5.74) is 1.31. The highest BCUT2D eigenvalue weighted by molar-refractivity contribution is 4.92. The van der Waals surface area contributed by atoms with E-state index in [1.807, 2.05) is 0 Å². The Balaban J connectivity index is 2.21. The summed E-state index contributed by atoms with van der Waals surface area (Å²) in [7, 11) is 0. The van der Waals surface area contributed by atoms with Crippen LogP contribution in [-0.4, -0.2) is 24.4 Å². The van der Waals surface area contributed by atoms with Crippen molar-refractivity contribution in [2.45, 2.75) is 71.8 Å². The van der Waals surface area contributed by atoms with Gasteiger partial charge in [0.2, 0.25) is 0 Å². The summed E-state index contributed by atoms with van der Waals surface area (Å²) in [6.07, 6.45) is 10.4. The molecule has 0 aromatic heterocycles. The number of hydrogen-bond donors (Lipinski definition) is 1. The molecule has 2 nitrogen and oxygen atoms in total. The third kappa shape index (κ3) is 6.58. The molecule has 1 aliphatic rings. The van der Waals surface area contributed by atoms with Crippen LogP contribution in [0.4, 0.5) is 0 Å². The van der Waals surface area contributed by atoms with E-state index < -0.39 is 0 Å². The third-order valence-corrected chi connectivity index (χ3v) is 4.32. The Morgan fingerprint density at radius 2 is 2.00 bits per heavy atom. The quantitative estimate of drug-likeness (QED) is 0.498. The van der Waals surface area contributed by atoms with Crippen LogP contribution in [0.2, 0.25) is 0 Å². The van der Waals surface area contributed by atoms with Crippen LogP contribution >= 0.6 is 0 Å². The van der Waals surface area contributed by atoms with Crippen molar-refractivity contribution in [3.63, 3.8) is 0 Å². The zero-order valence-corrected chi connectivity index (χ0v) is 13.0. The van der Waals surface area contributed by atoms with Crippen molar-refractivity contribution in [2.75, 3.05) is 13.2 Å². The Morgan fingerprint density at radius 3 is 2.68 bits per heavy atom. The molecule has 2 heteroatoms. The average molecular weight is 268 g/mol. The van der Waals surface area contributed by atoms with Crippen molar-refractivity contribution in [3.8, 4) is 0 Å². The first-order valence-electron chi connectivity index (χ1n) is 8.04. The molecule has 112 valence electrons. The molecular weight excluding hydrogens is 236 g/mol. The number of aliphatic hydroxyl groups excluding tert-OH is 1. The average Bonchev–Trinajstić information content (AvgIpc) is 2.71. The molecule has 0 radical (unpaired) electrons. The summed E-state index contributed by atoms with van der Waals surface area (Å²) in [6, 6.07) is 0. The lowest BCUT2D eigenvalue weighted by Crippen LogP contribution is -2.20. The van der Waals surface area contributed by atoms with Gasteiger partial charge in [-0.1, -0.05) is 37.8 Å². The number of hydrogen-bond acceptors (Lipinski definition) is 2. The molecular formula is C17H32O2. The molecule has 3 atom stereocenters. The predicted molar refractivity (Wildman–Crippen MR) is 81.2 cm³/mol. The molecule has 0 aromatic rings. The number of rotatable bonds is 9. The van der Waals surface area contributed by atoms with Crippen LogP contribution in [0.5, 0.6) is 0 Å². The zero-order valence-electron chi connectivity index (χ0n) is 13.0. The van der Waals surface area contributed by atoms with E-state index in [1.165, 1.54) is 37.7 Å². The van der Waals surface area contributed by atoms with E-state index in [9.17, 15) is 5.11 Å². The van der Waals surface area contributed by atoms with Crippen molar-refractivity contribution in [1.82, 2.24) is 0 Å². The molecule has 0 aliphatic heterocycles. The van der Waals surface area contributed by atoms with E-state index in [-0.39, 0.29) is 6.10 Å². The smallest absolute Gasteiger partial charge is 0.0649 e. The maximum Gasteiger partial charge on any atom is 0.0649 e. The number of unbranched alkanes of at least 4 members (excludes halogenated alkanes) is 2. The van der Waals surface area contributed by atoms with Crippen molar-refractivity contribution in [3.05, 3.63) is 11.6 Å². The lowest BCUT2D eigenvalue weighted by molar-refractivity contribution is 0.0914. The molecule has 1 fully saturated rings. The highest BCUT2D eigenvalue weighted by atomic mass is 16.5. The van der Waals surface area contributed by atoms with Crippen LogP contribution < -0.4 is 0 Å². The Labute approximate surface area is 119 Å². The van der Waals surface area contributed by atoms with E-state index in [1.54, 1.807) is 0 Å². The molecule has 0 aromatic carbocycles. The van der Waals surface area contributed by atoms with Crippen molar-refractivity contribution in [1.29, 1.82) is 0 Å². The van der Waals surface area contributed by atoms with Gasteiger partial charge in [-0.05, 0) is 51.4 Å². The fourth-order valence-electron chi connectivity index (χ4n) is 3.09. The van der Waals surface area contributed by atoms with E-state index in [0.29, 0.717) is 11.8 Å². The minimum atomic E-state index is -0.0559. The van der Waals surface area contributed by atoms with Gasteiger partial charge in [-0.25, -0.2) is 0 Å². The van der Waals surface area contributed by atoms with Gasteiger partial charge in [-0.2, -0.15) is 0 Å². The highest BCUT2D eigenvalue weighted by Gasteiger charge is 2.33. The molecule has 0 amide bonds. The summed E-state index contributed by atoms with van der Waals surface area (Å²) in [5, 5.41) is 10.1.